The zero-order chi connectivity index (χ0) is 26.0. The molecule has 3 fully saturated rings. The molecule has 2 saturated carbocycles. The number of nitrogens with zero attached hydrogens (tertiary/aromatic N) is 2. The maximum absolute atomic E-state index is 13.7. The molecule has 2 N–H and O–H groups in total. The highest BCUT2D eigenvalue weighted by atomic mass is 28.4. The summed E-state index contributed by atoms with van der Waals surface area (Å²) < 4.78 is 21.1. The Kier molecular flexibility index (Phi) is 5.67. The van der Waals surface area contributed by atoms with Crippen LogP contribution >= 0.6 is 0 Å². The molecule has 7 heteroatoms. The molecule has 3 aliphatic rings. The number of rotatable bonds is 5. The van der Waals surface area contributed by atoms with E-state index < -0.39 is 19.7 Å². The highest BCUT2D eigenvalue weighted by Crippen LogP contribution is 2.59. The van der Waals surface area contributed by atoms with Crippen LogP contribution in [0.25, 0.3) is 0 Å². The summed E-state index contributed by atoms with van der Waals surface area (Å²) in [6.07, 6.45) is 2.79. The number of pyridine rings is 1. The number of carbonyl (C=O) groups excluding carboxylic acids is 1. The first-order valence-corrected chi connectivity index (χ1v) is 15.1. The molecule has 192 valence electrons. The van der Waals surface area contributed by atoms with Gasteiger partial charge >= 0.3 is 0 Å². The highest BCUT2D eigenvalue weighted by Gasteiger charge is 2.72. The van der Waals surface area contributed by atoms with Crippen LogP contribution in [0.2, 0.25) is 5.04 Å². The summed E-state index contributed by atoms with van der Waals surface area (Å²) in [7, 11) is -2.82. The Morgan fingerprint density at radius 3 is 2.22 bits per heavy atom. The normalized spacial score (nSPS) is 28.6. The number of benzene rings is 2. The first-order chi connectivity index (χ1) is 17.6. The Morgan fingerprint density at radius 2 is 1.68 bits per heavy atom. The Labute approximate surface area is 219 Å². The van der Waals surface area contributed by atoms with Gasteiger partial charge in [-0.3, -0.25) is 4.79 Å². The average molecular weight is 516 g/mol. The molecule has 3 aromatic rings. The van der Waals surface area contributed by atoms with Crippen LogP contribution in [0.3, 0.4) is 0 Å². The Morgan fingerprint density at radius 1 is 1.05 bits per heavy atom. The summed E-state index contributed by atoms with van der Waals surface area (Å²) in [5, 5.41) is 2.26. The van der Waals surface area contributed by atoms with E-state index in [9.17, 15) is 9.18 Å². The Balaban J connectivity index is 1.44. The minimum Gasteiger partial charge on any atom is -0.402 e. The molecule has 1 aromatic heterocycles. The van der Waals surface area contributed by atoms with Crippen LogP contribution < -0.4 is 16.1 Å². The third-order valence-electron chi connectivity index (χ3n) is 8.91. The molecule has 1 aliphatic heterocycles. The van der Waals surface area contributed by atoms with Crippen molar-refractivity contribution in [2.45, 2.75) is 56.3 Å². The average Bonchev–Trinajstić information content (AvgIpc) is 3.00. The summed E-state index contributed by atoms with van der Waals surface area (Å²) in [6, 6.07) is 23.7. The molecular formula is C30H34FN3O2Si. The van der Waals surface area contributed by atoms with Crippen molar-refractivity contribution in [3.63, 3.8) is 0 Å². The van der Waals surface area contributed by atoms with E-state index in [-0.39, 0.29) is 34.7 Å². The number of carbonyl (C=O) groups is 1. The lowest BCUT2D eigenvalue weighted by Gasteiger charge is -2.63. The topological polar surface area (TPSA) is 68.5 Å². The van der Waals surface area contributed by atoms with Gasteiger partial charge in [0.25, 0.3) is 14.2 Å². The Hall–Kier alpha value is -2.87. The van der Waals surface area contributed by atoms with Crippen molar-refractivity contribution in [1.29, 1.82) is 0 Å². The molecule has 0 radical (unpaired) electrons. The lowest BCUT2D eigenvalue weighted by molar-refractivity contribution is -0.108. The standard InChI is InChI=1S/C30H34FN3O2Si/c1-29(2,3)37(22-10-6-4-7-11-22,23-12-8-5-9-13-23)36-26-24-16-20-17-30(24,32)27(26)34(19-20)28(35)25-15-14-21(31)18-33-25/h4-15,18,20,24,26-27H,16-17,19,32H2,1-3H3/t20-,24-,26-,27-,30?/m1/s1. The second-order valence-electron chi connectivity index (χ2n) is 12.0. The van der Waals surface area contributed by atoms with E-state index in [1.807, 2.05) is 17.0 Å². The van der Waals surface area contributed by atoms with Crippen LogP contribution in [0.15, 0.2) is 79.0 Å². The molecule has 6 rings (SSSR count). The van der Waals surface area contributed by atoms with E-state index >= 15 is 0 Å². The van der Waals surface area contributed by atoms with Crippen LogP contribution in [0.4, 0.5) is 4.39 Å². The predicted octanol–water partition coefficient (Wildman–Crippen LogP) is 3.73. The molecule has 37 heavy (non-hydrogen) atoms. The molecule has 2 bridgehead atoms. The van der Waals surface area contributed by atoms with E-state index in [4.69, 9.17) is 10.2 Å². The van der Waals surface area contributed by atoms with Crippen LogP contribution in [0, 0.1) is 17.7 Å². The van der Waals surface area contributed by atoms with Crippen molar-refractivity contribution >= 4 is 24.6 Å². The first kappa shape index (κ1) is 24.5. The highest BCUT2D eigenvalue weighted by molar-refractivity contribution is 6.99. The van der Waals surface area contributed by atoms with Crippen molar-refractivity contribution in [2.24, 2.45) is 17.6 Å². The van der Waals surface area contributed by atoms with Gasteiger partial charge in [0.2, 0.25) is 0 Å². The quantitative estimate of drug-likeness (QED) is 0.526. The number of halogens is 1. The van der Waals surface area contributed by atoms with E-state index in [1.165, 1.54) is 22.5 Å². The van der Waals surface area contributed by atoms with E-state index in [2.05, 4.69) is 74.3 Å². The van der Waals surface area contributed by atoms with Crippen LogP contribution in [0.5, 0.6) is 0 Å². The van der Waals surface area contributed by atoms with Crippen molar-refractivity contribution in [3.8, 4) is 0 Å². The molecule has 2 aliphatic carbocycles. The van der Waals surface area contributed by atoms with Gasteiger partial charge in [-0.05, 0) is 46.3 Å². The molecule has 1 unspecified atom stereocenters. The van der Waals surface area contributed by atoms with Crippen LogP contribution in [-0.4, -0.2) is 48.3 Å². The van der Waals surface area contributed by atoms with Gasteiger partial charge in [-0.15, -0.1) is 0 Å². The molecule has 2 heterocycles. The van der Waals surface area contributed by atoms with Gasteiger partial charge in [0, 0.05) is 18.0 Å². The molecule has 1 amide bonds. The summed E-state index contributed by atoms with van der Waals surface area (Å²) >= 11 is 0. The lowest BCUT2D eigenvalue weighted by atomic mass is 9.61. The minimum atomic E-state index is -2.82. The third-order valence-corrected chi connectivity index (χ3v) is 13.9. The van der Waals surface area contributed by atoms with Crippen molar-refractivity contribution in [1.82, 2.24) is 9.88 Å². The van der Waals surface area contributed by atoms with Crippen molar-refractivity contribution in [2.75, 3.05) is 6.54 Å². The van der Waals surface area contributed by atoms with E-state index in [0.717, 1.165) is 19.0 Å². The summed E-state index contributed by atoms with van der Waals surface area (Å²) in [5.41, 5.74) is 6.87. The zero-order valence-corrected chi connectivity index (χ0v) is 22.6. The predicted molar refractivity (Wildman–Crippen MR) is 145 cm³/mol. The molecule has 5 atom stereocenters. The first-order valence-electron chi connectivity index (χ1n) is 13.2. The molecular weight excluding hydrogens is 481 g/mol. The molecule has 1 saturated heterocycles. The lowest BCUT2D eigenvalue weighted by Crippen LogP contribution is -2.82. The smallest absolute Gasteiger partial charge is 0.272 e. The zero-order valence-electron chi connectivity index (χ0n) is 21.6. The Bertz CT molecular complexity index is 1260. The number of fused-ring (bicyclic) bond motifs is 1. The number of likely N-dealkylation sites (tertiary alicyclic amines) is 1. The second-order valence-corrected chi connectivity index (χ2v) is 16.3. The van der Waals surface area contributed by atoms with Gasteiger partial charge in [-0.2, -0.15) is 0 Å². The van der Waals surface area contributed by atoms with E-state index in [0.29, 0.717) is 12.5 Å². The van der Waals surface area contributed by atoms with Crippen LogP contribution in [0.1, 0.15) is 44.1 Å². The van der Waals surface area contributed by atoms with Crippen molar-refractivity contribution < 1.29 is 13.6 Å². The van der Waals surface area contributed by atoms with Crippen molar-refractivity contribution in [3.05, 3.63) is 90.5 Å². The van der Waals surface area contributed by atoms with Gasteiger partial charge in [0.05, 0.1) is 18.3 Å². The number of hydrogen-bond acceptors (Lipinski definition) is 4. The molecule has 5 nitrogen and oxygen atoms in total. The summed E-state index contributed by atoms with van der Waals surface area (Å²) in [6.45, 7) is 7.44. The molecule has 2 aromatic carbocycles. The van der Waals surface area contributed by atoms with Gasteiger partial charge in [-0.25, -0.2) is 9.37 Å². The maximum Gasteiger partial charge on any atom is 0.272 e. The minimum absolute atomic E-state index is 0.173. The van der Waals surface area contributed by atoms with Gasteiger partial charge < -0.3 is 15.1 Å². The number of piperidine rings is 1. The SMILES string of the molecule is CC(C)(C)[Si](O[C@@H]1[C@H]2C[C@H]3CN(C(=O)c4ccc(F)cn4)[C@H]1C2(N)C3)(c1ccccc1)c1ccccc1. The second kappa shape index (κ2) is 8.58. The van der Waals surface area contributed by atoms with Crippen LogP contribution in [-0.2, 0) is 4.43 Å². The monoisotopic (exact) mass is 515 g/mol. The number of aromatic nitrogens is 1. The van der Waals surface area contributed by atoms with Gasteiger partial charge in [-0.1, -0.05) is 81.4 Å². The number of hydrogen-bond donors (Lipinski definition) is 1. The molecule has 0 spiro atoms. The fraction of sp³-hybridized carbons (Fsp3) is 0.400. The fourth-order valence-electron chi connectivity index (χ4n) is 7.40. The van der Waals surface area contributed by atoms with Gasteiger partial charge in [0.15, 0.2) is 0 Å². The summed E-state index contributed by atoms with van der Waals surface area (Å²) in [4.78, 5) is 19.7. The largest absolute Gasteiger partial charge is 0.402 e. The maximum atomic E-state index is 13.7. The number of amides is 1. The number of nitrogens with two attached hydrogens (primary N) is 1. The van der Waals surface area contributed by atoms with E-state index in [1.54, 1.807) is 0 Å². The fourth-order valence-corrected chi connectivity index (χ4v) is 12.1. The summed E-state index contributed by atoms with van der Waals surface area (Å²) in [5.74, 6) is -0.116. The van der Waals surface area contributed by atoms with Gasteiger partial charge in [0.1, 0.15) is 11.5 Å². The third kappa shape index (κ3) is 3.62.